The number of hydrogen-bond acceptors (Lipinski definition) is 6. The Morgan fingerprint density at radius 1 is 0.925 bits per heavy atom. The van der Waals surface area contributed by atoms with Crippen LogP contribution in [0.1, 0.15) is 30.4 Å². The van der Waals surface area contributed by atoms with Crippen LogP contribution >= 0.6 is 11.6 Å². The van der Waals surface area contributed by atoms with Gasteiger partial charge in [-0.3, -0.25) is 9.10 Å². The molecular weight excluding hydrogens is 574 g/mol. The summed E-state index contributed by atoms with van der Waals surface area (Å²) in [4.78, 5) is 13.4. The number of rotatable bonds is 9. The molecule has 0 saturated carbocycles. The van der Waals surface area contributed by atoms with E-state index in [1.54, 1.807) is 31.2 Å². The SMILES string of the molecule is COc1ccc(S(=O)(=O)N2CCCCC2)cc1NC(=O)CN(c1cc(Cl)ccc1C)S(=O)(=O)c1ccc(C)cc1. The monoisotopic (exact) mass is 605 g/mol. The van der Waals surface area contributed by atoms with Crippen molar-refractivity contribution in [3.8, 4) is 5.75 Å². The van der Waals surface area contributed by atoms with E-state index in [0.29, 0.717) is 23.7 Å². The van der Waals surface area contributed by atoms with Crippen LogP contribution in [0.15, 0.2) is 70.5 Å². The average Bonchev–Trinajstić information content (AvgIpc) is 2.93. The minimum absolute atomic E-state index is 0.0116. The Bertz CT molecular complexity index is 1600. The van der Waals surface area contributed by atoms with Crippen LogP contribution in [0.5, 0.6) is 5.75 Å². The summed E-state index contributed by atoms with van der Waals surface area (Å²) in [6.07, 6.45) is 2.55. The summed E-state index contributed by atoms with van der Waals surface area (Å²) in [5, 5.41) is 2.97. The van der Waals surface area contributed by atoms with Crippen molar-refractivity contribution in [2.45, 2.75) is 42.9 Å². The second kappa shape index (κ2) is 12.2. The van der Waals surface area contributed by atoms with Crippen molar-refractivity contribution in [1.29, 1.82) is 0 Å². The van der Waals surface area contributed by atoms with E-state index in [2.05, 4.69) is 5.32 Å². The first-order valence-corrected chi connectivity index (χ1v) is 16.0. The number of carbonyl (C=O) groups is 1. The Kier molecular flexibility index (Phi) is 9.09. The molecule has 0 atom stereocenters. The molecule has 1 aliphatic rings. The molecule has 3 aromatic rings. The highest BCUT2D eigenvalue weighted by atomic mass is 35.5. The summed E-state index contributed by atoms with van der Waals surface area (Å²) >= 11 is 6.21. The van der Waals surface area contributed by atoms with Crippen molar-refractivity contribution in [3.63, 3.8) is 0 Å². The Morgan fingerprint density at radius 2 is 1.57 bits per heavy atom. The molecule has 3 aromatic carbocycles. The summed E-state index contributed by atoms with van der Waals surface area (Å²) in [6.45, 7) is 3.83. The van der Waals surface area contributed by atoms with Crippen LogP contribution in [-0.4, -0.2) is 53.8 Å². The van der Waals surface area contributed by atoms with Gasteiger partial charge in [0, 0.05) is 18.1 Å². The second-order valence-corrected chi connectivity index (χ2v) is 13.9. The van der Waals surface area contributed by atoms with Gasteiger partial charge >= 0.3 is 0 Å². The molecule has 0 unspecified atom stereocenters. The lowest BCUT2D eigenvalue weighted by molar-refractivity contribution is -0.114. The lowest BCUT2D eigenvalue weighted by Crippen LogP contribution is -2.38. The molecule has 1 amide bonds. The van der Waals surface area contributed by atoms with Gasteiger partial charge in [0.05, 0.1) is 28.3 Å². The van der Waals surface area contributed by atoms with Gasteiger partial charge in [-0.15, -0.1) is 0 Å². The molecule has 1 N–H and O–H groups in total. The normalized spacial score (nSPS) is 14.5. The van der Waals surface area contributed by atoms with Crippen LogP contribution in [0.3, 0.4) is 0 Å². The minimum Gasteiger partial charge on any atom is -0.495 e. The molecule has 9 nitrogen and oxygen atoms in total. The van der Waals surface area contributed by atoms with E-state index >= 15 is 0 Å². The molecule has 0 radical (unpaired) electrons. The zero-order valence-corrected chi connectivity index (χ0v) is 24.9. The number of anilines is 2. The van der Waals surface area contributed by atoms with Gasteiger partial charge in [-0.05, 0) is 74.7 Å². The van der Waals surface area contributed by atoms with Crippen molar-refractivity contribution in [3.05, 3.63) is 76.8 Å². The first-order chi connectivity index (χ1) is 18.9. The van der Waals surface area contributed by atoms with Gasteiger partial charge < -0.3 is 10.1 Å². The van der Waals surface area contributed by atoms with E-state index in [4.69, 9.17) is 16.3 Å². The Labute approximate surface area is 240 Å². The molecule has 1 heterocycles. The number of carbonyl (C=O) groups excluding carboxylic acids is 1. The summed E-state index contributed by atoms with van der Waals surface area (Å²) in [5.74, 6) is -0.460. The summed E-state index contributed by atoms with van der Waals surface area (Å²) < 4.78 is 61.8. The number of ether oxygens (including phenoxy) is 1. The third-order valence-electron chi connectivity index (χ3n) is 6.73. The van der Waals surface area contributed by atoms with Gasteiger partial charge in [0.2, 0.25) is 15.9 Å². The number of aryl methyl sites for hydroxylation is 2. The maximum absolute atomic E-state index is 13.8. The number of hydrogen-bond donors (Lipinski definition) is 1. The molecule has 1 fully saturated rings. The van der Waals surface area contributed by atoms with Gasteiger partial charge in [0.1, 0.15) is 12.3 Å². The third-order valence-corrected chi connectivity index (χ3v) is 10.6. The number of nitrogens with one attached hydrogen (secondary N) is 1. The van der Waals surface area contributed by atoms with Crippen LogP contribution in [-0.2, 0) is 24.8 Å². The Balaban J connectivity index is 1.68. The van der Waals surface area contributed by atoms with E-state index in [0.717, 1.165) is 29.1 Å². The number of piperidine rings is 1. The molecular formula is C28H32ClN3O6S2. The second-order valence-electron chi connectivity index (χ2n) is 9.63. The Hall–Kier alpha value is -3.12. The predicted molar refractivity (Wildman–Crippen MR) is 156 cm³/mol. The lowest BCUT2D eigenvalue weighted by atomic mass is 10.2. The fraction of sp³-hybridized carbons (Fsp3) is 0.321. The molecule has 1 saturated heterocycles. The quantitative estimate of drug-likeness (QED) is 0.368. The average molecular weight is 606 g/mol. The molecule has 4 rings (SSSR count). The maximum atomic E-state index is 13.8. The van der Waals surface area contributed by atoms with E-state index in [1.165, 1.54) is 47.8 Å². The summed E-state index contributed by atoms with van der Waals surface area (Å²) in [5.41, 5.74) is 1.84. The fourth-order valence-corrected chi connectivity index (χ4v) is 7.70. The molecule has 1 aliphatic heterocycles. The predicted octanol–water partition coefficient (Wildman–Crippen LogP) is 4.97. The highest BCUT2D eigenvalue weighted by molar-refractivity contribution is 7.92. The van der Waals surface area contributed by atoms with E-state index in [-0.39, 0.29) is 26.9 Å². The van der Waals surface area contributed by atoms with Crippen molar-refractivity contribution in [1.82, 2.24) is 4.31 Å². The summed E-state index contributed by atoms with van der Waals surface area (Å²) in [7, 11) is -6.56. The highest BCUT2D eigenvalue weighted by Gasteiger charge is 2.30. The van der Waals surface area contributed by atoms with Gasteiger partial charge in [-0.2, -0.15) is 4.31 Å². The van der Waals surface area contributed by atoms with Crippen LogP contribution in [0.2, 0.25) is 5.02 Å². The van der Waals surface area contributed by atoms with E-state index in [9.17, 15) is 21.6 Å². The topological polar surface area (TPSA) is 113 Å². The first kappa shape index (κ1) is 29.9. The summed E-state index contributed by atoms with van der Waals surface area (Å²) in [6, 6.07) is 15.3. The van der Waals surface area contributed by atoms with Crippen molar-refractivity contribution in [2.75, 3.05) is 36.4 Å². The number of halogens is 1. The van der Waals surface area contributed by atoms with E-state index < -0.39 is 32.5 Å². The van der Waals surface area contributed by atoms with Crippen molar-refractivity contribution in [2.24, 2.45) is 0 Å². The van der Waals surface area contributed by atoms with Gasteiger partial charge in [-0.1, -0.05) is 41.8 Å². The number of nitrogens with zero attached hydrogens (tertiary/aromatic N) is 2. The van der Waals surface area contributed by atoms with Gasteiger partial charge in [-0.25, -0.2) is 16.8 Å². The molecule has 0 spiro atoms. The largest absolute Gasteiger partial charge is 0.495 e. The number of benzene rings is 3. The zero-order chi connectivity index (χ0) is 29.1. The van der Waals surface area contributed by atoms with E-state index in [1.807, 2.05) is 6.92 Å². The van der Waals surface area contributed by atoms with Crippen molar-refractivity contribution >= 4 is 48.9 Å². The Morgan fingerprint density at radius 3 is 2.23 bits per heavy atom. The molecule has 214 valence electrons. The van der Waals surface area contributed by atoms with Crippen molar-refractivity contribution < 1.29 is 26.4 Å². The third kappa shape index (κ3) is 6.43. The zero-order valence-electron chi connectivity index (χ0n) is 22.6. The molecule has 0 aromatic heterocycles. The van der Waals surface area contributed by atoms with Gasteiger partial charge in [0.25, 0.3) is 10.0 Å². The smallest absolute Gasteiger partial charge is 0.264 e. The molecule has 0 bridgehead atoms. The fourth-order valence-electron chi connectivity index (χ4n) is 4.51. The molecule has 40 heavy (non-hydrogen) atoms. The van der Waals surface area contributed by atoms with Gasteiger partial charge in [0.15, 0.2) is 0 Å². The highest BCUT2D eigenvalue weighted by Crippen LogP contribution is 2.32. The standard InChI is InChI=1S/C28H32ClN3O6S2/c1-20-7-11-23(12-8-20)40(36,37)32(26-17-22(29)10-9-21(26)2)19-28(33)30-25-18-24(13-14-27(25)38-3)39(34,35)31-15-5-4-6-16-31/h7-14,17-18H,4-6,15-16,19H2,1-3H3,(H,30,33). The maximum Gasteiger partial charge on any atom is 0.264 e. The van der Waals surface area contributed by atoms with Crippen LogP contribution < -0.4 is 14.4 Å². The number of methoxy groups -OCH3 is 1. The van der Waals surface area contributed by atoms with Crippen LogP contribution in [0.25, 0.3) is 0 Å². The molecule has 12 heteroatoms. The molecule has 0 aliphatic carbocycles. The van der Waals surface area contributed by atoms with Crippen LogP contribution in [0.4, 0.5) is 11.4 Å². The van der Waals surface area contributed by atoms with Crippen LogP contribution in [0, 0.1) is 13.8 Å². The number of sulfonamides is 2. The minimum atomic E-state index is -4.18. The first-order valence-electron chi connectivity index (χ1n) is 12.8. The lowest BCUT2D eigenvalue weighted by Gasteiger charge is -2.27. The number of amides is 1.